The fourth-order valence-electron chi connectivity index (χ4n) is 4.78. The third-order valence-corrected chi connectivity index (χ3v) is 7.65. The summed E-state index contributed by atoms with van der Waals surface area (Å²) in [4.78, 5) is 16.1. The maximum absolute atomic E-state index is 13.6. The molecule has 1 aliphatic carbocycles. The maximum Gasteiger partial charge on any atom is 0.235 e. The first-order chi connectivity index (χ1) is 14.6. The van der Waals surface area contributed by atoms with E-state index in [2.05, 4.69) is 35.3 Å². The number of rotatable bonds is 6. The molecule has 2 aromatic rings. The number of anilines is 1. The van der Waals surface area contributed by atoms with E-state index in [0.717, 1.165) is 62.3 Å². The number of carbonyl (C=O) groups is 1. The van der Waals surface area contributed by atoms with Crippen molar-refractivity contribution in [2.45, 2.75) is 44.6 Å². The molecule has 5 heteroatoms. The second kappa shape index (κ2) is 9.44. The van der Waals surface area contributed by atoms with Gasteiger partial charge in [0.25, 0.3) is 0 Å². The van der Waals surface area contributed by atoms with Crippen LogP contribution in [0, 0.1) is 6.92 Å². The van der Waals surface area contributed by atoms with Gasteiger partial charge in [0.05, 0.1) is 12.5 Å². The zero-order valence-electron chi connectivity index (χ0n) is 18.1. The van der Waals surface area contributed by atoms with E-state index in [0.29, 0.717) is 0 Å². The van der Waals surface area contributed by atoms with Gasteiger partial charge in [-0.15, -0.1) is 0 Å². The molecule has 30 heavy (non-hydrogen) atoms. The van der Waals surface area contributed by atoms with Crippen LogP contribution in [0.5, 0.6) is 5.75 Å². The molecule has 0 unspecified atom stereocenters. The molecule has 160 valence electrons. The van der Waals surface area contributed by atoms with Gasteiger partial charge in [0.1, 0.15) is 5.75 Å². The van der Waals surface area contributed by atoms with Crippen molar-refractivity contribution in [2.24, 2.45) is 0 Å². The number of thioether (sulfide) groups is 1. The zero-order valence-corrected chi connectivity index (χ0v) is 18.9. The Hall–Kier alpha value is -1.98. The Balaban J connectivity index is 1.56. The number of nitrogens with zero attached hydrogens (tertiary/aromatic N) is 1. The van der Waals surface area contributed by atoms with Crippen LogP contribution < -0.4 is 10.1 Å². The average molecular weight is 425 g/mol. The highest BCUT2D eigenvalue weighted by Gasteiger charge is 2.43. The molecule has 4 rings (SSSR count). The number of hydrogen-bond donors (Lipinski definition) is 1. The molecule has 2 aromatic carbocycles. The summed E-state index contributed by atoms with van der Waals surface area (Å²) in [5.74, 6) is 3.34. The van der Waals surface area contributed by atoms with E-state index in [4.69, 9.17) is 4.74 Å². The van der Waals surface area contributed by atoms with Gasteiger partial charge < -0.3 is 10.1 Å². The minimum Gasteiger partial charge on any atom is -0.497 e. The number of nitrogens with one attached hydrogen (secondary N) is 1. The maximum atomic E-state index is 13.6. The Labute approximate surface area is 184 Å². The second-order valence-corrected chi connectivity index (χ2v) is 9.68. The van der Waals surface area contributed by atoms with Gasteiger partial charge in [0, 0.05) is 36.8 Å². The van der Waals surface area contributed by atoms with Gasteiger partial charge in [-0.1, -0.05) is 37.1 Å². The lowest BCUT2D eigenvalue weighted by Gasteiger charge is -2.30. The lowest BCUT2D eigenvalue weighted by Crippen LogP contribution is -2.38. The summed E-state index contributed by atoms with van der Waals surface area (Å²) in [6, 6.07) is 14.3. The molecule has 1 heterocycles. The van der Waals surface area contributed by atoms with Gasteiger partial charge in [-0.3, -0.25) is 9.69 Å². The quantitative estimate of drug-likeness (QED) is 0.708. The Morgan fingerprint density at radius 1 is 1.13 bits per heavy atom. The average Bonchev–Trinajstić information content (AvgIpc) is 3.29. The topological polar surface area (TPSA) is 41.6 Å². The molecule has 0 bridgehead atoms. The van der Waals surface area contributed by atoms with E-state index in [1.807, 2.05) is 36.0 Å². The van der Waals surface area contributed by atoms with Gasteiger partial charge in [-0.05, 0) is 54.7 Å². The smallest absolute Gasteiger partial charge is 0.235 e. The van der Waals surface area contributed by atoms with Crippen LogP contribution in [0.3, 0.4) is 0 Å². The summed E-state index contributed by atoms with van der Waals surface area (Å²) >= 11 is 2.03. The first-order valence-electron chi connectivity index (χ1n) is 11.0. The van der Waals surface area contributed by atoms with Crippen LogP contribution >= 0.6 is 11.8 Å². The monoisotopic (exact) mass is 424 g/mol. The highest BCUT2D eigenvalue weighted by Crippen LogP contribution is 2.43. The van der Waals surface area contributed by atoms with E-state index >= 15 is 0 Å². The Morgan fingerprint density at radius 3 is 2.60 bits per heavy atom. The number of benzene rings is 2. The standard InChI is InChI=1S/C25H32N2O2S/c1-19-20(18-27-13-15-30-16-14-27)7-5-10-23(19)26-24(28)25(11-3-4-12-25)21-8-6-9-22(17-21)29-2/h5-10,17H,3-4,11-16,18H2,1-2H3,(H,26,28). The number of hydrogen-bond acceptors (Lipinski definition) is 4. The number of methoxy groups -OCH3 is 1. The lowest BCUT2D eigenvalue weighted by molar-refractivity contribution is -0.121. The molecule has 2 fully saturated rings. The molecule has 0 radical (unpaired) electrons. The molecule has 1 saturated heterocycles. The lowest BCUT2D eigenvalue weighted by atomic mass is 9.77. The molecular formula is C25H32N2O2S. The van der Waals surface area contributed by atoms with Crippen LogP contribution in [-0.2, 0) is 16.8 Å². The van der Waals surface area contributed by atoms with Crippen LogP contribution in [0.2, 0.25) is 0 Å². The number of carbonyl (C=O) groups excluding carboxylic acids is 1. The molecule has 0 aromatic heterocycles. The predicted molar refractivity (Wildman–Crippen MR) is 126 cm³/mol. The Morgan fingerprint density at radius 2 is 1.87 bits per heavy atom. The first kappa shape index (κ1) is 21.3. The van der Waals surface area contributed by atoms with E-state index in [-0.39, 0.29) is 5.91 Å². The molecule has 1 saturated carbocycles. The van der Waals surface area contributed by atoms with Crippen molar-refractivity contribution < 1.29 is 9.53 Å². The number of ether oxygens (including phenoxy) is 1. The molecule has 1 N–H and O–H groups in total. The molecule has 0 spiro atoms. The largest absolute Gasteiger partial charge is 0.497 e. The summed E-state index contributed by atoms with van der Waals surface area (Å²) in [5, 5.41) is 3.30. The van der Waals surface area contributed by atoms with Crippen LogP contribution in [0.15, 0.2) is 42.5 Å². The zero-order chi connectivity index (χ0) is 21.0. The van der Waals surface area contributed by atoms with Gasteiger partial charge in [-0.25, -0.2) is 0 Å². The fraction of sp³-hybridized carbons (Fsp3) is 0.480. The van der Waals surface area contributed by atoms with Gasteiger partial charge in [0.2, 0.25) is 5.91 Å². The summed E-state index contributed by atoms with van der Waals surface area (Å²) in [7, 11) is 1.68. The Bertz CT molecular complexity index is 886. The molecule has 1 amide bonds. The molecule has 2 aliphatic rings. The van der Waals surface area contributed by atoms with Crippen LogP contribution in [0.4, 0.5) is 5.69 Å². The fourth-order valence-corrected chi connectivity index (χ4v) is 5.76. The molecular weight excluding hydrogens is 392 g/mol. The van der Waals surface area contributed by atoms with Crippen molar-refractivity contribution in [3.63, 3.8) is 0 Å². The third kappa shape index (κ3) is 4.37. The van der Waals surface area contributed by atoms with Crippen LogP contribution in [0.25, 0.3) is 0 Å². The van der Waals surface area contributed by atoms with Crippen molar-refractivity contribution in [3.8, 4) is 5.75 Å². The van der Waals surface area contributed by atoms with Crippen molar-refractivity contribution >= 4 is 23.4 Å². The second-order valence-electron chi connectivity index (χ2n) is 8.45. The summed E-state index contributed by atoms with van der Waals surface area (Å²) < 4.78 is 5.43. The third-order valence-electron chi connectivity index (χ3n) is 6.71. The number of amides is 1. The van der Waals surface area contributed by atoms with E-state index in [9.17, 15) is 4.79 Å². The van der Waals surface area contributed by atoms with Crippen LogP contribution in [0.1, 0.15) is 42.4 Å². The van der Waals surface area contributed by atoms with Crippen molar-refractivity contribution in [1.29, 1.82) is 0 Å². The highest BCUT2D eigenvalue weighted by atomic mass is 32.2. The van der Waals surface area contributed by atoms with Crippen molar-refractivity contribution in [1.82, 2.24) is 4.90 Å². The van der Waals surface area contributed by atoms with Gasteiger partial charge >= 0.3 is 0 Å². The summed E-state index contributed by atoms with van der Waals surface area (Å²) in [6.45, 7) is 5.37. The first-order valence-corrected chi connectivity index (χ1v) is 12.1. The normalized spacial score (nSPS) is 18.9. The summed E-state index contributed by atoms with van der Waals surface area (Å²) in [5.41, 5.74) is 4.03. The van der Waals surface area contributed by atoms with E-state index in [1.54, 1.807) is 7.11 Å². The van der Waals surface area contributed by atoms with Gasteiger partial charge in [0.15, 0.2) is 0 Å². The van der Waals surface area contributed by atoms with Crippen LogP contribution in [-0.4, -0.2) is 42.5 Å². The predicted octanol–water partition coefficient (Wildman–Crippen LogP) is 5.00. The van der Waals surface area contributed by atoms with Crippen molar-refractivity contribution in [2.75, 3.05) is 37.0 Å². The molecule has 4 nitrogen and oxygen atoms in total. The highest BCUT2D eigenvalue weighted by molar-refractivity contribution is 7.99. The van der Waals surface area contributed by atoms with E-state index < -0.39 is 5.41 Å². The van der Waals surface area contributed by atoms with E-state index in [1.165, 1.54) is 22.6 Å². The summed E-state index contributed by atoms with van der Waals surface area (Å²) in [6.07, 6.45) is 3.93. The molecule has 0 atom stereocenters. The van der Waals surface area contributed by atoms with Gasteiger partial charge in [-0.2, -0.15) is 11.8 Å². The SMILES string of the molecule is COc1cccc(C2(C(=O)Nc3cccc(CN4CCSCC4)c3C)CCCC2)c1. The Kier molecular flexibility index (Phi) is 6.69. The minimum atomic E-state index is -0.471. The molecule has 1 aliphatic heterocycles. The van der Waals surface area contributed by atoms with Crippen molar-refractivity contribution in [3.05, 3.63) is 59.2 Å². The minimum absolute atomic E-state index is 0.114.